The summed E-state index contributed by atoms with van der Waals surface area (Å²) in [4.78, 5) is 25.9. The Balaban J connectivity index is 0.000000175. The number of halogens is 5. The Morgan fingerprint density at radius 3 is 1.55 bits per heavy atom. The number of aromatic amines is 2. The molecule has 0 radical (unpaired) electrons. The predicted molar refractivity (Wildman–Crippen MR) is 334 cm³/mol. The molecule has 6 fully saturated rings. The van der Waals surface area contributed by atoms with Crippen molar-refractivity contribution < 1.29 is 28.0 Å². The van der Waals surface area contributed by atoms with Crippen molar-refractivity contribution in [1.82, 2.24) is 20.4 Å². The van der Waals surface area contributed by atoms with Crippen molar-refractivity contribution in [2.75, 3.05) is 5.73 Å². The van der Waals surface area contributed by atoms with E-state index in [0.717, 1.165) is 89.9 Å². The number of nitrogen functional groups attached to an aromatic ring is 1. The maximum absolute atomic E-state index is 13.1. The number of aromatic nitrogens is 4. The number of fused-ring (bicyclic) bond motifs is 16. The molecule has 0 bridgehead atoms. The second-order valence-electron chi connectivity index (χ2n) is 31.3. The van der Waals surface area contributed by atoms with E-state index >= 15 is 0 Å². The van der Waals surface area contributed by atoms with Crippen LogP contribution >= 0.6 is 72.8 Å². The third kappa shape index (κ3) is 8.31. The molecule has 6 saturated carbocycles. The van der Waals surface area contributed by atoms with E-state index in [9.17, 15) is 14.7 Å². The SMILES string of the molecule is CC1(C)CC[C@]2(C(=O)O)CC[C@]3(C)C(=CCC4[C@@]5(C)Cc6c(N)n[nH]c6C(C)(C)C5CC[C@]43C)C2C1.Cc1[nH]nc2c1C[C@@]1(C)C(CC[C@]3(C)C1CC=C1C4CC(C)(C)CC[C@]4(C(=O)Cl)CC[C@]13C)C2(C)C.I.I[I-]I. The molecule has 13 heteroatoms. The number of H-pyrrole nitrogens is 2. The van der Waals surface area contributed by atoms with E-state index in [0.29, 0.717) is 48.7 Å². The van der Waals surface area contributed by atoms with Gasteiger partial charge in [0.1, 0.15) is 5.82 Å². The zero-order valence-electron chi connectivity index (χ0n) is 49.0. The molecular formula is C63H95ClI4N5O3-. The zero-order chi connectivity index (χ0) is 54.9. The second kappa shape index (κ2) is 19.6. The van der Waals surface area contributed by atoms with Crippen LogP contribution in [0.4, 0.5) is 5.82 Å². The summed E-state index contributed by atoms with van der Waals surface area (Å²) >= 11 is 11.8. The number of anilines is 1. The summed E-state index contributed by atoms with van der Waals surface area (Å²) in [6, 6.07) is 0. The summed E-state index contributed by atoms with van der Waals surface area (Å²) in [7, 11) is 0. The van der Waals surface area contributed by atoms with E-state index in [1.807, 2.05) is 0 Å². The molecule has 0 saturated heterocycles. The van der Waals surface area contributed by atoms with E-state index in [2.05, 4.69) is 169 Å². The van der Waals surface area contributed by atoms with Crippen molar-refractivity contribution in [2.45, 2.75) is 230 Å². The number of nitrogens with zero attached hydrogens (tertiary/aromatic N) is 2. The summed E-state index contributed by atoms with van der Waals surface area (Å²) in [5.74, 6) is 2.99. The van der Waals surface area contributed by atoms with Gasteiger partial charge in [-0.25, -0.2) is 0 Å². The topological polar surface area (TPSA) is 138 Å². The molecule has 5 N–H and O–H groups in total. The van der Waals surface area contributed by atoms with Crippen molar-refractivity contribution >= 4 is 89.8 Å². The monoisotopic (exact) mass is 1510 g/mol. The summed E-state index contributed by atoms with van der Waals surface area (Å²) in [5.41, 5.74) is 16.7. The Kier molecular flexibility index (Phi) is 15.6. The van der Waals surface area contributed by atoms with Crippen LogP contribution in [0.25, 0.3) is 0 Å². The number of hydrogen-bond acceptors (Lipinski definition) is 5. The molecule has 2 heterocycles. The molecule has 426 valence electrons. The number of carbonyl (C=O) groups is 2. The van der Waals surface area contributed by atoms with Crippen LogP contribution in [0.15, 0.2) is 23.3 Å². The first kappa shape index (κ1) is 60.6. The number of hydrogen-bond donors (Lipinski definition) is 4. The van der Waals surface area contributed by atoms with E-state index in [-0.39, 0.29) is 94.7 Å². The molecule has 14 atom stereocenters. The normalized spacial score (nSPS) is 44.2. The van der Waals surface area contributed by atoms with Crippen LogP contribution in [0, 0.1) is 96.6 Å². The van der Waals surface area contributed by atoms with Crippen LogP contribution in [-0.2, 0) is 33.3 Å². The minimum atomic E-state index is -0.571. The molecule has 6 unspecified atom stereocenters. The van der Waals surface area contributed by atoms with Gasteiger partial charge in [-0.2, -0.15) is 10.2 Å². The van der Waals surface area contributed by atoms with Crippen molar-refractivity contribution in [3.05, 3.63) is 51.5 Å². The van der Waals surface area contributed by atoms with Crippen LogP contribution in [0.3, 0.4) is 0 Å². The molecular weight excluding hydrogens is 1420 g/mol. The van der Waals surface area contributed by atoms with Crippen molar-refractivity contribution in [3.8, 4) is 0 Å². The first-order valence-electron chi connectivity index (χ1n) is 29.3. The Labute approximate surface area is 510 Å². The third-order valence-electron chi connectivity index (χ3n) is 26.7. The molecule has 0 spiro atoms. The quantitative estimate of drug-likeness (QED) is 0.134. The Hall–Kier alpha value is 0.0500. The summed E-state index contributed by atoms with van der Waals surface area (Å²) in [6.45, 7) is 36.9. The fourth-order valence-electron chi connectivity index (χ4n) is 22.2. The number of nitrogens with one attached hydrogen (secondary N) is 2. The molecule has 10 aliphatic rings. The van der Waals surface area contributed by atoms with Gasteiger partial charge >= 0.3 is 56.5 Å². The standard InChI is InChI=1S/C32H47ClN2O.C31H47N3O2.I3.HI/c1-19-20-17-29(6)23(28(4,5)25(20)35-34-19)11-12-31(8)24(29)10-9-21-22-18-27(2,3)13-15-32(22,26(33)36)16-14-30(21,31)7;1-26(2)12-14-31(25(35)36)15-13-29(6)19(20(31)17-26)8-9-22-28(5)16-18-23(33-34-24(18)32)27(3,4)21(28)10-11-30(22,29)7;1-3-2;/h9,22-24H,10-18H2,1-8H3,(H,34,35);8,20-22H,9-17H2,1-7H3,(H,35,36)(H3,32,33,34);;1H/q;;-1;/t22?,23?,24?,29-,30+,31+,32-;20?,21?,22?,28-,29+,30+,31-;;/m00../s1. The second-order valence-corrected chi connectivity index (χ2v) is 47.9. The van der Waals surface area contributed by atoms with Gasteiger partial charge in [-0.1, -0.05) is 120 Å². The van der Waals surface area contributed by atoms with Crippen LogP contribution in [0.2, 0.25) is 0 Å². The molecule has 0 aliphatic heterocycles. The van der Waals surface area contributed by atoms with Gasteiger partial charge in [-0.3, -0.25) is 19.8 Å². The van der Waals surface area contributed by atoms with Gasteiger partial charge in [-0.15, -0.1) is 24.0 Å². The molecule has 0 amide bonds. The van der Waals surface area contributed by atoms with Crippen molar-refractivity contribution in [2.24, 2.45) is 89.7 Å². The summed E-state index contributed by atoms with van der Waals surface area (Å²) in [6.07, 6.45) is 24.4. The number of nitrogens with two attached hydrogens (primary N) is 1. The molecule has 10 aliphatic carbocycles. The Morgan fingerprint density at radius 2 is 1.07 bits per heavy atom. The maximum atomic E-state index is 13.1. The Bertz CT molecular complexity index is 2550. The van der Waals surface area contributed by atoms with Gasteiger partial charge in [0.05, 0.1) is 16.5 Å². The van der Waals surface area contributed by atoms with Gasteiger partial charge < -0.3 is 10.8 Å². The summed E-state index contributed by atoms with van der Waals surface area (Å²) in [5, 5.41) is 26.4. The first-order valence-corrected chi connectivity index (χ1v) is 42.2. The van der Waals surface area contributed by atoms with E-state index < -0.39 is 11.4 Å². The van der Waals surface area contributed by atoms with Crippen molar-refractivity contribution in [1.29, 1.82) is 0 Å². The molecule has 2 aromatic rings. The molecule has 76 heavy (non-hydrogen) atoms. The van der Waals surface area contributed by atoms with Gasteiger partial charge in [-0.05, 0) is 218 Å². The fraction of sp³-hybridized carbons (Fsp3) is 0.810. The van der Waals surface area contributed by atoms with E-state index in [1.165, 1.54) is 59.5 Å². The number of allylic oxidation sites excluding steroid dienone is 4. The number of carboxylic acids is 1. The molecule has 0 aromatic carbocycles. The first-order chi connectivity index (χ1) is 34.7. The average molecular weight is 1510 g/mol. The third-order valence-corrected chi connectivity index (χ3v) is 27.1. The summed E-state index contributed by atoms with van der Waals surface area (Å²) < 4.78 is 0. The van der Waals surface area contributed by atoms with Gasteiger partial charge in [0, 0.05) is 27.8 Å². The predicted octanol–water partition coefficient (Wildman–Crippen LogP) is 14.6. The average Bonchev–Trinajstić information content (AvgIpc) is 3.87. The van der Waals surface area contributed by atoms with Gasteiger partial charge in [0.15, 0.2) is 0 Å². The van der Waals surface area contributed by atoms with Crippen LogP contribution in [-0.4, -0.2) is 36.7 Å². The van der Waals surface area contributed by atoms with Gasteiger partial charge in [0.2, 0.25) is 5.24 Å². The molecule has 2 aromatic heterocycles. The molecule has 8 nitrogen and oxygen atoms in total. The molecule has 12 rings (SSSR count). The fourth-order valence-corrected chi connectivity index (χ4v) is 22.5. The van der Waals surface area contributed by atoms with Crippen LogP contribution in [0.1, 0.15) is 228 Å². The zero-order valence-corrected chi connectivity index (χ0v) is 58.6. The van der Waals surface area contributed by atoms with E-state index in [1.54, 1.807) is 5.57 Å². The number of rotatable bonds is 2. The van der Waals surface area contributed by atoms with Crippen molar-refractivity contribution in [3.63, 3.8) is 0 Å². The minimum absolute atomic E-state index is 0. The van der Waals surface area contributed by atoms with E-state index in [4.69, 9.17) is 22.4 Å². The number of carbonyl (C=O) groups excluding carboxylic acids is 1. The van der Waals surface area contributed by atoms with Crippen LogP contribution < -0.4 is 19.0 Å². The van der Waals surface area contributed by atoms with Crippen LogP contribution in [0.5, 0.6) is 0 Å². The Morgan fingerprint density at radius 1 is 0.632 bits per heavy atom. The number of carboxylic acid groups (broad SMARTS) is 1. The van der Waals surface area contributed by atoms with Gasteiger partial charge in [0.25, 0.3) is 0 Å². The number of aryl methyl sites for hydroxylation is 1. The number of aliphatic carboxylic acids is 1.